The van der Waals surface area contributed by atoms with Crippen LogP contribution in [0.3, 0.4) is 0 Å². The molecule has 5 nitrogen and oxygen atoms in total. The molecule has 0 aliphatic rings. The zero-order chi connectivity index (χ0) is 22.3. The van der Waals surface area contributed by atoms with Gasteiger partial charge in [0.2, 0.25) is 5.91 Å². The Balaban J connectivity index is 2.27. The number of halogens is 2. The van der Waals surface area contributed by atoms with Gasteiger partial charge in [-0.25, -0.2) is 0 Å². The predicted molar refractivity (Wildman–Crippen MR) is 121 cm³/mol. The minimum atomic E-state index is -0.646. The highest BCUT2D eigenvalue weighted by molar-refractivity contribution is 6.35. The lowest BCUT2D eigenvalue weighted by Gasteiger charge is -2.31. The van der Waals surface area contributed by atoms with E-state index in [0.29, 0.717) is 27.8 Å². The molecule has 0 saturated heterocycles. The van der Waals surface area contributed by atoms with Crippen LogP contribution in [0, 0.1) is 6.92 Å². The molecule has 0 fully saturated rings. The number of carbonyl (C=O) groups excluding carboxylic acids is 2. The number of ether oxygens (including phenoxy) is 1. The van der Waals surface area contributed by atoms with E-state index in [2.05, 4.69) is 5.32 Å². The molecule has 0 aromatic heterocycles. The van der Waals surface area contributed by atoms with Gasteiger partial charge in [-0.3, -0.25) is 9.59 Å². The summed E-state index contributed by atoms with van der Waals surface area (Å²) in [5, 5.41) is 3.85. The lowest BCUT2D eigenvalue weighted by atomic mass is 10.1. The standard InChI is InChI=1S/C23H28Cl2N2O3/c1-5-20(23(29)26-15(2)3)27(13-17-10-11-18(24)12-19(17)25)22(28)14-30-21-9-7-6-8-16(21)4/h6-12,15,20H,5,13-14H2,1-4H3,(H,26,29). The molecule has 30 heavy (non-hydrogen) atoms. The van der Waals surface area contributed by atoms with Gasteiger partial charge in [-0.2, -0.15) is 0 Å². The number of benzene rings is 2. The molecule has 0 spiro atoms. The van der Waals surface area contributed by atoms with E-state index >= 15 is 0 Å². The summed E-state index contributed by atoms with van der Waals surface area (Å²) in [5.74, 6) is 0.131. The van der Waals surface area contributed by atoms with Crippen LogP contribution in [0.1, 0.15) is 38.3 Å². The van der Waals surface area contributed by atoms with Crippen molar-refractivity contribution in [2.24, 2.45) is 0 Å². The summed E-state index contributed by atoms with van der Waals surface area (Å²) in [6, 6.07) is 11.9. The third-order valence-corrected chi connectivity index (χ3v) is 5.20. The second kappa shape index (κ2) is 11.2. The van der Waals surface area contributed by atoms with Gasteiger partial charge in [0.15, 0.2) is 6.61 Å². The van der Waals surface area contributed by atoms with Crippen molar-refractivity contribution in [1.82, 2.24) is 10.2 Å². The van der Waals surface area contributed by atoms with Gasteiger partial charge in [0.25, 0.3) is 5.91 Å². The Kier molecular flexibility index (Phi) is 9.00. The Morgan fingerprint density at radius 2 is 1.83 bits per heavy atom. The highest BCUT2D eigenvalue weighted by Crippen LogP contribution is 2.24. The van der Waals surface area contributed by atoms with Crippen molar-refractivity contribution in [2.75, 3.05) is 6.61 Å². The summed E-state index contributed by atoms with van der Waals surface area (Å²) in [5.41, 5.74) is 1.64. The van der Waals surface area contributed by atoms with Crippen molar-refractivity contribution in [3.05, 3.63) is 63.6 Å². The molecule has 0 aliphatic carbocycles. The zero-order valence-electron chi connectivity index (χ0n) is 17.7. The molecule has 2 aromatic carbocycles. The second-order valence-corrected chi connectivity index (χ2v) is 8.24. The molecule has 1 unspecified atom stereocenters. The molecule has 0 bridgehead atoms. The van der Waals surface area contributed by atoms with Crippen LogP contribution < -0.4 is 10.1 Å². The molecule has 2 aromatic rings. The number of amides is 2. The van der Waals surface area contributed by atoms with E-state index in [9.17, 15) is 9.59 Å². The van der Waals surface area contributed by atoms with Crippen LogP contribution in [-0.2, 0) is 16.1 Å². The lowest BCUT2D eigenvalue weighted by Crippen LogP contribution is -2.51. The molecule has 0 heterocycles. The summed E-state index contributed by atoms with van der Waals surface area (Å²) in [6.45, 7) is 7.55. The minimum Gasteiger partial charge on any atom is -0.484 e. The van der Waals surface area contributed by atoms with Crippen LogP contribution in [0.4, 0.5) is 0 Å². The second-order valence-electron chi connectivity index (χ2n) is 7.40. The molecular formula is C23H28Cl2N2O3. The van der Waals surface area contributed by atoms with Crippen LogP contribution >= 0.6 is 23.2 Å². The van der Waals surface area contributed by atoms with Crippen LogP contribution in [0.15, 0.2) is 42.5 Å². The van der Waals surface area contributed by atoms with Crippen molar-refractivity contribution < 1.29 is 14.3 Å². The van der Waals surface area contributed by atoms with Gasteiger partial charge in [-0.05, 0) is 56.5 Å². The van der Waals surface area contributed by atoms with Crippen LogP contribution in [0.2, 0.25) is 10.0 Å². The van der Waals surface area contributed by atoms with Gasteiger partial charge in [-0.1, -0.05) is 54.4 Å². The van der Waals surface area contributed by atoms with E-state index in [4.69, 9.17) is 27.9 Å². The van der Waals surface area contributed by atoms with Gasteiger partial charge < -0.3 is 15.0 Å². The smallest absolute Gasteiger partial charge is 0.261 e. The fourth-order valence-corrected chi connectivity index (χ4v) is 3.54. The van der Waals surface area contributed by atoms with Gasteiger partial charge in [0, 0.05) is 22.6 Å². The Morgan fingerprint density at radius 3 is 2.43 bits per heavy atom. The highest BCUT2D eigenvalue weighted by Gasteiger charge is 2.29. The Hall–Kier alpha value is -2.24. The zero-order valence-corrected chi connectivity index (χ0v) is 19.3. The van der Waals surface area contributed by atoms with E-state index in [1.807, 2.05) is 52.0 Å². The van der Waals surface area contributed by atoms with E-state index in [-0.39, 0.29) is 31.0 Å². The first-order chi connectivity index (χ1) is 14.2. The minimum absolute atomic E-state index is 0.0363. The molecular weight excluding hydrogens is 423 g/mol. The largest absolute Gasteiger partial charge is 0.484 e. The molecule has 1 N–H and O–H groups in total. The summed E-state index contributed by atoms with van der Waals surface area (Å²) >= 11 is 12.3. The van der Waals surface area contributed by atoms with Crippen molar-refractivity contribution in [2.45, 2.75) is 52.7 Å². The third-order valence-electron chi connectivity index (χ3n) is 4.62. The summed E-state index contributed by atoms with van der Waals surface area (Å²) in [7, 11) is 0. The number of nitrogens with zero attached hydrogens (tertiary/aromatic N) is 1. The van der Waals surface area contributed by atoms with E-state index in [1.165, 1.54) is 4.90 Å². The number of rotatable bonds is 9. The quantitative estimate of drug-likeness (QED) is 0.583. The third kappa shape index (κ3) is 6.64. The Labute approximate surface area is 188 Å². The maximum absolute atomic E-state index is 13.2. The molecule has 2 amide bonds. The number of hydrogen-bond acceptors (Lipinski definition) is 3. The van der Waals surface area contributed by atoms with E-state index < -0.39 is 6.04 Å². The van der Waals surface area contributed by atoms with Crippen molar-refractivity contribution >= 4 is 35.0 Å². The SMILES string of the molecule is CCC(C(=O)NC(C)C)N(Cc1ccc(Cl)cc1Cl)C(=O)COc1ccccc1C. The number of nitrogens with one attached hydrogen (secondary N) is 1. The summed E-state index contributed by atoms with van der Waals surface area (Å²) in [6.07, 6.45) is 0.458. The van der Waals surface area contributed by atoms with Gasteiger partial charge in [-0.15, -0.1) is 0 Å². The topological polar surface area (TPSA) is 58.6 Å². The first-order valence-electron chi connectivity index (χ1n) is 9.95. The summed E-state index contributed by atoms with van der Waals surface area (Å²) < 4.78 is 5.75. The average molecular weight is 451 g/mol. The molecule has 0 saturated carbocycles. The monoisotopic (exact) mass is 450 g/mol. The van der Waals surface area contributed by atoms with Gasteiger partial charge >= 0.3 is 0 Å². The predicted octanol–water partition coefficient (Wildman–Crippen LogP) is 5.01. The first-order valence-corrected chi connectivity index (χ1v) is 10.7. The van der Waals surface area contributed by atoms with E-state index in [1.54, 1.807) is 18.2 Å². The van der Waals surface area contributed by atoms with Crippen LogP contribution in [0.5, 0.6) is 5.75 Å². The molecule has 0 aliphatic heterocycles. The first kappa shape index (κ1) is 24.0. The number of hydrogen-bond donors (Lipinski definition) is 1. The van der Waals surface area contributed by atoms with Crippen LogP contribution in [-0.4, -0.2) is 35.4 Å². The highest BCUT2D eigenvalue weighted by atomic mass is 35.5. The van der Waals surface area contributed by atoms with Gasteiger partial charge in [0.1, 0.15) is 11.8 Å². The molecule has 7 heteroatoms. The summed E-state index contributed by atoms with van der Waals surface area (Å²) in [4.78, 5) is 27.5. The van der Waals surface area contributed by atoms with Crippen LogP contribution in [0.25, 0.3) is 0 Å². The van der Waals surface area contributed by atoms with E-state index in [0.717, 1.165) is 5.56 Å². The van der Waals surface area contributed by atoms with Crippen molar-refractivity contribution in [3.63, 3.8) is 0 Å². The molecule has 1 atom stereocenters. The normalized spacial score (nSPS) is 11.8. The van der Waals surface area contributed by atoms with Crippen molar-refractivity contribution in [1.29, 1.82) is 0 Å². The Bertz CT molecular complexity index is 887. The maximum Gasteiger partial charge on any atom is 0.261 e. The molecule has 162 valence electrons. The lowest BCUT2D eigenvalue weighted by molar-refractivity contribution is -0.143. The number of carbonyl (C=O) groups is 2. The average Bonchev–Trinajstić information content (AvgIpc) is 2.68. The fraction of sp³-hybridized carbons (Fsp3) is 0.391. The van der Waals surface area contributed by atoms with Crippen molar-refractivity contribution in [3.8, 4) is 5.75 Å². The van der Waals surface area contributed by atoms with Gasteiger partial charge in [0.05, 0.1) is 0 Å². The Morgan fingerprint density at radius 1 is 1.13 bits per heavy atom. The molecule has 0 radical (unpaired) electrons. The molecule has 2 rings (SSSR count). The fourth-order valence-electron chi connectivity index (χ4n) is 3.07. The maximum atomic E-state index is 13.2. The number of para-hydroxylation sites is 1. The number of aryl methyl sites for hydroxylation is 1.